The summed E-state index contributed by atoms with van der Waals surface area (Å²) in [4.78, 5) is 8.51. The third kappa shape index (κ3) is 2.52. The quantitative estimate of drug-likeness (QED) is 0.896. The van der Waals surface area contributed by atoms with E-state index in [1.807, 2.05) is 5.38 Å². The zero-order valence-electron chi connectivity index (χ0n) is 10.0. The third-order valence-corrected chi connectivity index (χ3v) is 3.62. The maximum atomic E-state index is 12.5. The highest BCUT2D eigenvalue weighted by molar-refractivity contribution is 7.13. The second-order valence-electron chi connectivity index (χ2n) is 4.08. The molecule has 2 aromatic rings. The Kier molecular flexibility index (Phi) is 3.19. The number of thiazole rings is 1. The number of hydrogen-bond acceptors (Lipinski definition) is 5. The van der Waals surface area contributed by atoms with E-state index >= 15 is 0 Å². The monoisotopic (exact) mass is 298 g/mol. The molecule has 0 saturated heterocycles. The molecule has 0 bridgehead atoms. The Labute approximate surface area is 116 Å². The van der Waals surface area contributed by atoms with Gasteiger partial charge in [-0.2, -0.15) is 13.2 Å². The summed E-state index contributed by atoms with van der Waals surface area (Å²) >= 11 is 1.36. The number of benzene rings is 1. The van der Waals surface area contributed by atoms with Gasteiger partial charge in [0.05, 0.1) is 5.56 Å². The molecule has 3 rings (SSSR count). The summed E-state index contributed by atoms with van der Waals surface area (Å²) in [7, 11) is 0. The first-order valence-electron chi connectivity index (χ1n) is 5.71. The average Bonchev–Trinajstić information content (AvgIpc) is 3.09. The Balaban J connectivity index is 1.86. The van der Waals surface area contributed by atoms with E-state index < -0.39 is 11.7 Å². The molecule has 0 unspecified atom stereocenters. The number of hydrogen-bond donors (Lipinski definition) is 2. The van der Waals surface area contributed by atoms with Gasteiger partial charge in [0.15, 0.2) is 5.84 Å². The van der Waals surface area contributed by atoms with Crippen molar-refractivity contribution in [3.05, 3.63) is 40.9 Å². The molecule has 8 heteroatoms. The molecule has 2 N–H and O–H groups in total. The van der Waals surface area contributed by atoms with Crippen LogP contribution in [-0.4, -0.2) is 17.5 Å². The van der Waals surface area contributed by atoms with Gasteiger partial charge in [0, 0.05) is 10.9 Å². The van der Waals surface area contributed by atoms with Crippen LogP contribution < -0.4 is 10.9 Å². The number of hydrazine groups is 1. The summed E-state index contributed by atoms with van der Waals surface area (Å²) in [6.45, 7) is 0.475. The summed E-state index contributed by atoms with van der Waals surface area (Å²) in [6, 6.07) is 4.97. The molecule has 1 aliphatic rings. The van der Waals surface area contributed by atoms with E-state index in [9.17, 15) is 13.2 Å². The molecular formula is C12H9F3N4S. The minimum Gasteiger partial charge on any atom is -0.302 e. The van der Waals surface area contributed by atoms with Crippen molar-refractivity contribution < 1.29 is 13.2 Å². The minimum atomic E-state index is -4.32. The fourth-order valence-electron chi connectivity index (χ4n) is 1.74. The van der Waals surface area contributed by atoms with Gasteiger partial charge in [-0.1, -0.05) is 12.1 Å². The Hall–Kier alpha value is -1.93. The second kappa shape index (κ2) is 4.88. The summed E-state index contributed by atoms with van der Waals surface area (Å²) in [5.41, 5.74) is 6.36. The van der Waals surface area contributed by atoms with Gasteiger partial charge in [0.25, 0.3) is 0 Å². The average molecular weight is 298 g/mol. The van der Waals surface area contributed by atoms with E-state index in [1.165, 1.54) is 23.5 Å². The van der Waals surface area contributed by atoms with Crippen LogP contribution in [0.4, 0.5) is 13.2 Å². The van der Waals surface area contributed by atoms with Crippen LogP contribution in [0.15, 0.2) is 34.6 Å². The lowest BCUT2D eigenvalue weighted by Gasteiger charge is -2.06. The van der Waals surface area contributed by atoms with Gasteiger partial charge in [-0.05, 0) is 12.1 Å². The van der Waals surface area contributed by atoms with Crippen LogP contribution in [0.3, 0.4) is 0 Å². The predicted molar refractivity (Wildman–Crippen MR) is 70.2 cm³/mol. The molecular weight excluding hydrogens is 289 g/mol. The molecule has 1 aliphatic heterocycles. The molecule has 0 fully saturated rings. The van der Waals surface area contributed by atoms with Crippen molar-refractivity contribution in [1.29, 1.82) is 0 Å². The molecule has 4 nitrogen and oxygen atoms in total. The van der Waals surface area contributed by atoms with Crippen molar-refractivity contribution in [3.63, 3.8) is 0 Å². The van der Waals surface area contributed by atoms with Gasteiger partial charge < -0.3 is 5.43 Å². The van der Waals surface area contributed by atoms with Gasteiger partial charge in [-0.3, -0.25) is 0 Å². The van der Waals surface area contributed by atoms with Crippen LogP contribution in [0.25, 0.3) is 10.6 Å². The highest BCUT2D eigenvalue weighted by atomic mass is 32.1. The molecule has 20 heavy (non-hydrogen) atoms. The van der Waals surface area contributed by atoms with Crippen LogP contribution in [0.2, 0.25) is 0 Å². The first-order chi connectivity index (χ1) is 9.54. The van der Waals surface area contributed by atoms with Gasteiger partial charge in [0.1, 0.15) is 17.4 Å². The Bertz CT molecular complexity index is 645. The highest BCUT2D eigenvalue weighted by Crippen LogP contribution is 2.31. The molecule has 2 heterocycles. The maximum absolute atomic E-state index is 12.5. The minimum absolute atomic E-state index is 0.475. The topological polar surface area (TPSA) is 49.3 Å². The lowest BCUT2D eigenvalue weighted by atomic mass is 10.1. The van der Waals surface area contributed by atoms with Crippen LogP contribution in [0.1, 0.15) is 11.3 Å². The Morgan fingerprint density at radius 3 is 2.50 bits per heavy atom. The van der Waals surface area contributed by atoms with Crippen LogP contribution in [-0.2, 0) is 6.18 Å². The summed E-state index contributed by atoms with van der Waals surface area (Å²) in [5.74, 6) is 0.638. The second-order valence-corrected chi connectivity index (χ2v) is 4.94. The van der Waals surface area contributed by atoms with E-state index in [1.54, 1.807) is 0 Å². The van der Waals surface area contributed by atoms with Gasteiger partial charge >= 0.3 is 6.18 Å². The standard InChI is InChI=1S/C12H9F3N4S/c13-12(14,15)8-3-1-7(2-4-8)11-18-9(5-20-11)10-16-6-17-19-10/h1-5,17H,6H2,(H,16,19). The van der Waals surface area contributed by atoms with Crippen molar-refractivity contribution in [1.82, 2.24) is 15.8 Å². The Morgan fingerprint density at radius 1 is 1.15 bits per heavy atom. The van der Waals surface area contributed by atoms with E-state index in [2.05, 4.69) is 20.8 Å². The van der Waals surface area contributed by atoms with Crippen molar-refractivity contribution in [2.45, 2.75) is 6.18 Å². The number of aliphatic imine (C=N–C) groups is 1. The van der Waals surface area contributed by atoms with Crippen molar-refractivity contribution in [2.75, 3.05) is 6.67 Å². The number of nitrogens with zero attached hydrogens (tertiary/aromatic N) is 2. The molecule has 0 atom stereocenters. The predicted octanol–water partition coefficient (Wildman–Crippen LogP) is 2.64. The van der Waals surface area contributed by atoms with Crippen LogP contribution >= 0.6 is 11.3 Å². The molecule has 0 saturated carbocycles. The van der Waals surface area contributed by atoms with E-state index in [-0.39, 0.29) is 0 Å². The number of alkyl halides is 3. The van der Waals surface area contributed by atoms with Crippen LogP contribution in [0.5, 0.6) is 0 Å². The van der Waals surface area contributed by atoms with Crippen molar-refractivity contribution in [3.8, 4) is 10.6 Å². The largest absolute Gasteiger partial charge is 0.416 e. The molecule has 0 radical (unpaired) electrons. The fourth-order valence-corrected chi connectivity index (χ4v) is 2.55. The molecule has 1 aromatic carbocycles. The smallest absolute Gasteiger partial charge is 0.302 e. The molecule has 0 aliphatic carbocycles. The van der Waals surface area contributed by atoms with Gasteiger partial charge in [-0.25, -0.2) is 15.4 Å². The van der Waals surface area contributed by atoms with Gasteiger partial charge in [0.2, 0.25) is 0 Å². The molecule has 104 valence electrons. The zero-order chi connectivity index (χ0) is 14.2. The SMILES string of the molecule is FC(F)(F)c1ccc(-c2nc(C3=NCNN3)cs2)cc1. The summed E-state index contributed by atoms with van der Waals surface area (Å²) in [5, 5.41) is 2.47. The fraction of sp³-hybridized carbons (Fsp3) is 0.167. The lowest BCUT2D eigenvalue weighted by molar-refractivity contribution is -0.137. The number of amidine groups is 1. The molecule has 0 spiro atoms. The normalized spacial score (nSPS) is 15.1. The van der Waals surface area contributed by atoms with Crippen molar-refractivity contribution >= 4 is 17.2 Å². The highest BCUT2D eigenvalue weighted by Gasteiger charge is 2.30. The zero-order valence-corrected chi connectivity index (χ0v) is 10.8. The lowest BCUT2D eigenvalue weighted by Crippen LogP contribution is -2.30. The number of rotatable bonds is 2. The van der Waals surface area contributed by atoms with Crippen LogP contribution in [0, 0.1) is 0 Å². The van der Waals surface area contributed by atoms with Gasteiger partial charge in [-0.15, -0.1) is 11.3 Å². The molecule has 1 aromatic heterocycles. The summed E-state index contributed by atoms with van der Waals surface area (Å²) in [6.07, 6.45) is -4.32. The number of halogens is 3. The maximum Gasteiger partial charge on any atom is 0.416 e. The third-order valence-electron chi connectivity index (χ3n) is 2.73. The number of nitrogens with one attached hydrogen (secondary N) is 2. The first-order valence-corrected chi connectivity index (χ1v) is 6.59. The molecule has 0 amide bonds. The van der Waals surface area contributed by atoms with Crippen molar-refractivity contribution in [2.24, 2.45) is 4.99 Å². The Morgan fingerprint density at radius 2 is 1.90 bits per heavy atom. The number of aromatic nitrogens is 1. The van der Waals surface area contributed by atoms with E-state index in [4.69, 9.17) is 0 Å². The summed E-state index contributed by atoms with van der Waals surface area (Å²) < 4.78 is 37.5. The first kappa shape index (κ1) is 13.1. The van der Waals surface area contributed by atoms with E-state index in [0.29, 0.717) is 28.8 Å². The van der Waals surface area contributed by atoms with E-state index in [0.717, 1.165) is 12.1 Å².